The van der Waals surface area contributed by atoms with E-state index >= 15 is 0 Å². The number of alkyl halides is 3. The van der Waals surface area contributed by atoms with Gasteiger partial charge in [-0.3, -0.25) is 0 Å². The lowest BCUT2D eigenvalue weighted by atomic mass is 9.87. The van der Waals surface area contributed by atoms with Crippen molar-refractivity contribution in [2.45, 2.75) is 37.4 Å². The van der Waals surface area contributed by atoms with Crippen molar-refractivity contribution in [2.24, 2.45) is 4.99 Å². The fourth-order valence-corrected chi connectivity index (χ4v) is 2.53. The first-order chi connectivity index (χ1) is 8.87. The molecule has 0 N–H and O–H groups in total. The van der Waals surface area contributed by atoms with Gasteiger partial charge in [0.15, 0.2) is 0 Å². The summed E-state index contributed by atoms with van der Waals surface area (Å²) in [5.41, 5.74) is -2.01. The van der Waals surface area contributed by atoms with Crippen molar-refractivity contribution in [2.75, 3.05) is 0 Å². The Labute approximate surface area is 107 Å². The summed E-state index contributed by atoms with van der Waals surface area (Å²) in [6.07, 6.45) is -0.880. The molecule has 102 valence electrons. The molecule has 19 heavy (non-hydrogen) atoms. The number of aliphatic imine (C=N–C) groups is 1. The molecular formula is C13H11F4NO. The summed E-state index contributed by atoms with van der Waals surface area (Å²) in [4.78, 5) is 14.1. The van der Waals surface area contributed by atoms with Crippen LogP contribution >= 0.6 is 0 Å². The van der Waals surface area contributed by atoms with Crippen molar-refractivity contribution >= 4 is 6.08 Å². The van der Waals surface area contributed by atoms with Gasteiger partial charge in [-0.1, -0.05) is 12.8 Å². The summed E-state index contributed by atoms with van der Waals surface area (Å²) in [5.74, 6) is -0.975. The minimum atomic E-state index is -4.62. The van der Waals surface area contributed by atoms with E-state index in [9.17, 15) is 22.4 Å². The number of hydrogen-bond acceptors (Lipinski definition) is 2. The highest BCUT2D eigenvalue weighted by Crippen LogP contribution is 2.43. The van der Waals surface area contributed by atoms with Gasteiger partial charge in [-0.15, -0.1) is 0 Å². The first-order valence-corrected chi connectivity index (χ1v) is 5.85. The van der Waals surface area contributed by atoms with E-state index in [1.165, 1.54) is 6.08 Å². The van der Waals surface area contributed by atoms with Crippen molar-refractivity contribution in [1.82, 2.24) is 0 Å². The molecular weight excluding hydrogens is 262 g/mol. The van der Waals surface area contributed by atoms with Crippen molar-refractivity contribution in [3.05, 3.63) is 35.1 Å². The normalized spacial score (nSPS) is 18.1. The van der Waals surface area contributed by atoms with E-state index in [1.54, 1.807) is 0 Å². The van der Waals surface area contributed by atoms with E-state index in [0.717, 1.165) is 25.0 Å². The van der Waals surface area contributed by atoms with E-state index in [1.807, 2.05) is 0 Å². The highest BCUT2D eigenvalue weighted by molar-refractivity contribution is 5.40. The second-order valence-corrected chi connectivity index (χ2v) is 4.67. The molecule has 0 amide bonds. The highest BCUT2D eigenvalue weighted by Gasteiger charge is 2.39. The molecule has 0 radical (unpaired) electrons. The number of benzene rings is 1. The smallest absolute Gasteiger partial charge is 0.211 e. The van der Waals surface area contributed by atoms with Crippen LogP contribution in [0, 0.1) is 5.82 Å². The highest BCUT2D eigenvalue weighted by atomic mass is 19.4. The third-order valence-corrected chi connectivity index (χ3v) is 3.45. The summed E-state index contributed by atoms with van der Waals surface area (Å²) >= 11 is 0. The maximum Gasteiger partial charge on any atom is 0.416 e. The Morgan fingerprint density at radius 3 is 2.32 bits per heavy atom. The van der Waals surface area contributed by atoms with Crippen LogP contribution in [-0.4, -0.2) is 6.08 Å². The molecule has 0 atom stereocenters. The molecule has 0 bridgehead atoms. The lowest BCUT2D eigenvalue weighted by molar-refractivity contribution is -0.137. The second kappa shape index (κ2) is 4.78. The minimum absolute atomic E-state index is 0.0978. The number of halogens is 4. The maximum absolute atomic E-state index is 13.4. The van der Waals surface area contributed by atoms with Crippen LogP contribution in [0.3, 0.4) is 0 Å². The predicted molar refractivity (Wildman–Crippen MR) is 59.7 cm³/mol. The van der Waals surface area contributed by atoms with Gasteiger partial charge in [-0.25, -0.2) is 9.18 Å². The van der Waals surface area contributed by atoms with E-state index in [0.29, 0.717) is 18.9 Å². The average molecular weight is 273 g/mol. The van der Waals surface area contributed by atoms with Crippen molar-refractivity contribution in [1.29, 1.82) is 0 Å². The predicted octanol–water partition coefficient (Wildman–Crippen LogP) is 3.95. The number of isocyanates is 1. The summed E-state index contributed by atoms with van der Waals surface area (Å²) < 4.78 is 51.4. The van der Waals surface area contributed by atoms with Gasteiger partial charge in [-0.2, -0.15) is 18.2 Å². The van der Waals surface area contributed by atoms with Crippen LogP contribution in [0.2, 0.25) is 0 Å². The monoisotopic (exact) mass is 273 g/mol. The molecule has 0 spiro atoms. The zero-order chi connectivity index (χ0) is 14.1. The number of carbonyl (C=O) groups excluding carboxylic acids is 1. The molecule has 0 aliphatic heterocycles. The number of rotatable bonds is 2. The fraction of sp³-hybridized carbons (Fsp3) is 0.462. The zero-order valence-corrected chi connectivity index (χ0v) is 9.93. The molecule has 2 rings (SSSR count). The fourth-order valence-electron chi connectivity index (χ4n) is 2.53. The quantitative estimate of drug-likeness (QED) is 0.456. The van der Waals surface area contributed by atoms with Crippen molar-refractivity contribution < 1.29 is 22.4 Å². The molecule has 1 aromatic rings. The molecule has 0 unspecified atom stereocenters. The number of nitrogens with zero attached hydrogens (tertiary/aromatic N) is 1. The average Bonchev–Trinajstić information content (AvgIpc) is 2.77. The first-order valence-electron chi connectivity index (χ1n) is 5.85. The van der Waals surface area contributed by atoms with Gasteiger partial charge in [0.05, 0.1) is 11.1 Å². The topological polar surface area (TPSA) is 29.4 Å². The Balaban J connectivity index is 2.55. The molecule has 0 saturated heterocycles. The molecule has 0 heterocycles. The Bertz CT molecular complexity index is 526. The van der Waals surface area contributed by atoms with Crippen LogP contribution < -0.4 is 0 Å². The Morgan fingerprint density at radius 1 is 1.16 bits per heavy atom. The van der Waals surface area contributed by atoms with Gasteiger partial charge in [0.1, 0.15) is 5.82 Å². The lowest BCUT2D eigenvalue weighted by Crippen LogP contribution is -2.20. The minimum Gasteiger partial charge on any atom is -0.211 e. The zero-order valence-electron chi connectivity index (χ0n) is 9.93. The van der Waals surface area contributed by atoms with Crippen molar-refractivity contribution in [3.8, 4) is 0 Å². The Kier molecular flexibility index (Phi) is 3.45. The standard InChI is InChI=1S/C13H11F4NO/c14-11-6-9(5-10(7-11)13(15,16)17)12(18-8-19)3-1-2-4-12/h5-7H,1-4H2. The van der Waals surface area contributed by atoms with Crippen LogP contribution in [-0.2, 0) is 16.5 Å². The maximum atomic E-state index is 13.4. The van der Waals surface area contributed by atoms with E-state index in [-0.39, 0.29) is 5.56 Å². The summed E-state index contributed by atoms with van der Waals surface area (Å²) in [7, 11) is 0. The van der Waals surface area contributed by atoms with Crippen LogP contribution in [0.1, 0.15) is 36.8 Å². The van der Waals surface area contributed by atoms with Crippen LogP contribution in [0.15, 0.2) is 23.2 Å². The van der Waals surface area contributed by atoms with Crippen LogP contribution in [0.5, 0.6) is 0 Å². The van der Waals surface area contributed by atoms with Crippen molar-refractivity contribution in [3.63, 3.8) is 0 Å². The van der Waals surface area contributed by atoms with Crippen LogP contribution in [0.4, 0.5) is 17.6 Å². The SMILES string of the molecule is O=C=NC1(c2cc(F)cc(C(F)(F)F)c2)CCCC1. The van der Waals surface area contributed by atoms with E-state index in [4.69, 9.17) is 0 Å². The summed E-state index contributed by atoms with van der Waals surface area (Å²) in [6.45, 7) is 0. The molecule has 1 aliphatic rings. The molecule has 2 nitrogen and oxygen atoms in total. The number of hydrogen-bond donors (Lipinski definition) is 0. The van der Waals surface area contributed by atoms with E-state index in [2.05, 4.69) is 4.99 Å². The second-order valence-electron chi connectivity index (χ2n) is 4.67. The molecule has 1 aliphatic carbocycles. The van der Waals surface area contributed by atoms with Gasteiger partial charge < -0.3 is 0 Å². The van der Waals surface area contributed by atoms with Gasteiger partial charge in [0, 0.05) is 0 Å². The van der Waals surface area contributed by atoms with Gasteiger partial charge in [0.25, 0.3) is 0 Å². The Morgan fingerprint density at radius 2 is 1.79 bits per heavy atom. The van der Waals surface area contributed by atoms with Gasteiger partial charge in [-0.05, 0) is 36.6 Å². The third-order valence-electron chi connectivity index (χ3n) is 3.45. The van der Waals surface area contributed by atoms with E-state index < -0.39 is 23.1 Å². The molecule has 6 heteroatoms. The molecule has 1 aromatic carbocycles. The largest absolute Gasteiger partial charge is 0.416 e. The lowest BCUT2D eigenvalue weighted by Gasteiger charge is -2.24. The Hall–Kier alpha value is -1.68. The van der Waals surface area contributed by atoms with Crippen LogP contribution in [0.25, 0.3) is 0 Å². The van der Waals surface area contributed by atoms with Gasteiger partial charge in [0.2, 0.25) is 6.08 Å². The molecule has 0 aromatic heterocycles. The summed E-state index contributed by atoms with van der Waals surface area (Å²) in [5, 5.41) is 0. The molecule has 1 saturated carbocycles. The third kappa shape index (κ3) is 2.68. The van der Waals surface area contributed by atoms with Gasteiger partial charge >= 0.3 is 6.18 Å². The first kappa shape index (κ1) is 13.7. The summed E-state index contributed by atoms with van der Waals surface area (Å²) in [6, 6.07) is 2.33. The molecule has 1 fully saturated rings.